The Labute approximate surface area is 187 Å². The van der Waals surface area contributed by atoms with Crippen LogP contribution < -0.4 is 11.1 Å². The van der Waals surface area contributed by atoms with Crippen molar-refractivity contribution in [1.29, 1.82) is 0 Å². The topological polar surface area (TPSA) is 85.1 Å². The van der Waals surface area contributed by atoms with E-state index in [-0.39, 0.29) is 23.3 Å². The molecule has 0 radical (unpaired) electrons. The summed E-state index contributed by atoms with van der Waals surface area (Å²) < 4.78 is 38.8. The van der Waals surface area contributed by atoms with Crippen LogP contribution in [0.2, 0.25) is 0 Å². The molecule has 33 heavy (non-hydrogen) atoms. The Morgan fingerprint density at radius 3 is 2.45 bits per heavy atom. The van der Waals surface area contributed by atoms with Crippen molar-refractivity contribution in [2.24, 2.45) is 0 Å². The lowest BCUT2D eigenvalue weighted by Gasteiger charge is -2.11. The standard InChI is InChI=1S/C25H18F3N3O2/c26-25(27,28)17-6-1-4-15(12-17)13-22(32)16-5-2-7-18(14-16)31-24(33)21-9-3-8-20-19(21)10-11-30-23(20)29/h1-12,14H,13H2,(H2,29,30)(H,31,33). The molecule has 0 fully saturated rings. The summed E-state index contributed by atoms with van der Waals surface area (Å²) in [5.74, 6) is -0.451. The van der Waals surface area contributed by atoms with E-state index >= 15 is 0 Å². The summed E-state index contributed by atoms with van der Waals surface area (Å²) in [6.07, 6.45) is -3.16. The van der Waals surface area contributed by atoms with E-state index in [4.69, 9.17) is 5.73 Å². The first-order valence-corrected chi connectivity index (χ1v) is 9.96. The van der Waals surface area contributed by atoms with Gasteiger partial charge in [0, 0.05) is 34.8 Å². The highest BCUT2D eigenvalue weighted by Gasteiger charge is 2.30. The highest BCUT2D eigenvalue weighted by Crippen LogP contribution is 2.30. The number of amides is 1. The van der Waals surface area contributed by atoms with Crippen LogP contribution in [0.5, 0.6) is 0 Å². The number of pyridine rings is 1. The lowest BCUT2D eigenvalue weighted by Crippen LogP contribution is -2.13. The van der Waals surface area contributed by atoms with Gasteiger partial charge in [-0.15, -0.1) is 0 Å². The smallest absolute Gasteiger partial charge is 0.383 e. The van der Waals surface area contributed by atoms with Crippen LogP contribution in [0.25, 0.3) is 10.8 Å². The van der Waals surface area contributed by atoms with Crippen molar-refractivity contribution < 1.29 is 22.8 Å². The number of carbonyl (C=O) groups is 2. The van der Waals surface area contributed by atoms with Crippen LogP contribution in [0.1, 0.15) is 31.8 Å². The summed E-state index contributed by atoms with van der Waals surface area (Å²) in [5, 5.41) is 4.04. The van der Waals surface area contributed by atoms with Crippen molar-refractivity contribution in [2.75, 3.05) is 11.1 Å². The van der Waals surface area contributed by atoms with Crippen LogP contribution in [0.4, 0.5) is 24.7 Å². The molecule has 1 amide bonds. The molecular weight excluding hydrogens is 431 g/mol. The predicted octanol–water partition coefficient (Wildman–Crippen LogP) is 5.51. The van der Waals surface area contributed by atoms with E-state index < -0.39 is 17.6 Å². The number of rotatable bonds is 5. The number of carbonyl (C=O) groups excluding carboxylic acids is 2. The number of fused-ring (bicyclic) bond motifs is 1. The zero-order valence-corrected chi connectivity index (χ0v) is 17.2. The Hall–Kier alpha value is -4.20. The Morgan fingerprint density at radius 2 is 1.67 bits per heavy atom. The molecule has 1 heterocycles. The minimum Gasteiger partial charge on any atom is -0.383 e. The normalized spacial score (nSPS) is 11.4. The SMILES string of the molecule is Nc1nccc2c(C(=O)Nc3cccc(C(=O)Cc4cccc(C(F)(F)F)c4)c3)cccc12. The van der Waals surface area contributed by atoms with E-state index in [1.54, 1.807) is 42.5 Å². The van der Waals surface area contributed by atoms with E-state index in [2.05, 4.69) is 10.3 Å². The number of halogens is 3. The van der Waals surface area contributed by atoms with Crippen molar-refractivity contribution >= 4 is 34.0 Å². The van der Waals surface area contributed by atoms with E-state index in [0.717, 1.165) is 12.1 Å². The van der Waals surface area contributed by atoms with Crippen molar-refractivity contribution in [1.82, 2.24) is 4.98 Å². The van der Waals surface area contributed by atoms with E-state index in [1.807, 2.05) is 0 Å². The fourth-order valence-electron chi connectivity index (χ4n) is 3.54. The minimum absolute atomic E-state index is 0.198. The Balaban J connectivity index is 1.54. The lowest BCUT2D eigenvalue weighted by molar-refractivity contribution is -0.137. The second-order valence-corrected chi connectivity index (χ2v) is 7.43. The molecule has 0 saturated heterocycles. The maximum atomic E-state index is 12.9. The molecule has 0 aliphatic rings. The fraction of sp³-hybridized carbons (Fsp3) is 0.0800. The number of anilines is 2. The summed E-state index contributed by atoms with van der Waals surface area (Å²) in [6.45, 7) is 0. The highest BCUT2D eigenvalue weighted by atomic mass is 19.4. The molecule has 1 aromatic heterocycles. The summed E-state index contributed by atoms with van der Waals surface area (Å²) in [5.41, 5.74) is 6.38. The number of benzene rings is 3. The van der Waals surface area contributed by atoms with Crippen molar-refractivity contribution in [3.05, 3.63) is 101 Å². The maximum absolute atomic E-state index is 12.9. The number of alkyl halides is 3. The molecule has 5 nitrogen and oxygen atoms in total. The first kappa shape index (κ1) is 22.0. The average Bonchev–Trinajstić information content (AvgIpc) is 2.79. The molecule has 3 aromatic carbocycles. The number of aromatic nitrogens is 1. The molecule has 0 unspecified atom stereocenters. The molecule has 0 aliphatic carbocycles. The van der Waals surface area contributed by atoms with Crippen LogP contribution in [-0.4, -0.2) is 16.7 Å². The summed E-state index contributed by atoms with van der Waals surface area (Å²) in [6, 6.07) is 17.7. The largest absolute Gasteiger partial charge is 0.416 e. The van der Waals surface area contributed by atoms with Gasteiger partial charge in [0.05, 0.1) is 5.56 Å². The molecule has 4 rings (SSSR count). The van der Waals surface area contributed by atoms with Gasteiger partial charge < -0.3 is 11.1 Å². The quantitative estimate of drug-likeness (QED) is 0.393. The molecule has 0 spiro atoms. The number of nitrogen functional groups attached to an aromatic ring is 1. The summed E-state index contributed by atoms with van der Waals surface area (Å²) >= 11 is 0. The monoisotopic (exact) mass is 449 g/mol. The van der Waals surface area contributed by atoms with E-state index in [0.29, 0.717) is 27.8 Å². The van der Waals surface area contributed by atoms with Gasteiger partial charge in [-0.25, -0.2) is 4.98 Å². The molecular formula is C25H18F3N3O2. The van der Waals surface area contributed by atoms with Crippen LogP contribution in [0, 0.1) is 0 Å². The van der Waals surface area contributed by atoms with Gasteiger partial charge in [0.15, 0.2) is 5.78 Å². The van der Waals surface area contributed by atoms with E-state index in [9.17, 15) is 22.8 Å². The molecule has 0 aliphatic heterocycles. The molecule has 8 heteroatoms. The number of nitrogens with zero attached hydrogens (tertiary/aromatic N) is 1. The lowest BCUT2D eigenvalue weighted by atomic mass is 10.0. The molecule has 0 atom stereocenters. The molecule has 3 N–H and O–H groups in total. The number of nitrogens with two attached hydrogens (primary N) is 1. The summed E-state index contributed by atoms with van der Waals surface area (Å²) in [4.78, 5) is 29.6. The van der Waals surface area contributed by atoms with Gasteiger partial charge in [-0.1, -0.05) is 42.5 Å². The number of hydrogen-bond acceptors (Lipinski definition) is 4. The number of hydrogen-bond donors (Lipinski definition) is 2. The Bertz CT molecular complexity index is 1370. The van der Waals surface area contributed by atoms with Crippen LogP contribution in [-0.2, 0) is 12.6 Å². The number of nitrogens with one attached hydrogen (secondary N) is 1. The third-order valence-corrected chi connectivity index (χ3v) is 5.14. The van der Waals surface area contributed by atoms with Crippen LogP contribution in [0.3, 0.4) is 0 Å². The zero-order chi connectivity index (χ0) is 23.6. The van der Waals surface area contributed by atoms with Gasteiger partial charge in [-0.3, -0.25) is 9.59 Å². The average molecular weight is 449 g/mol. The van der Waals surface area contributed by atoms with Gasteiger partial charge in [0.2, 0.25) is 0 Å². The highest BCUT2D eigenvalue weighted by molar-refractivity contribution is 6.14. The van der Waals surface area contributed by atoms with Crippen LogP contribution >= 0.6 is 0 Å². The Morgan fingerprint density at radius 1 is 0.909 bits per heavy atom. The maximum Gasteiger partial charge on any atom is 0.416 e. The molecule has 0 saturated carbocycles. The molecule has 4 aromatic rings. The first-order chi connectivity index (χ1) is 15.7. The van der Waals surface area contributed by atoms with Gasteiger partial charge >= 0.3 is 6.18 Å². The van der Waals surface area contributed by atoms with Crippen molar-refractivity contribution in [3.63, 3.8) is 0 Å². The van der Waals surface area contributed by atoms with Gasteiger partial charge in [-0.05, 0) is 41.3 Å². The van der Waals surface area contributed by atoms with Crippen molar-refractivity contribution in [2.45, 2.75) is 12.6 Å². The minimum atomic E-state index is -4.48. The first-order valence-electron chi connectivity index (χ1n) is 9.96. The fourth-order valence-corrected chi connectivity index (χ4v) is 3.54. The molecule has 166 valence electrons. The number of Topliss-reactive ketones (excluding diaryl/α,β-unsaturated/α-hetero) is 1. The second kappa shape index (κ2) is 8.74. The van der Waals surface area contributed by atoms with Gasteiger partial charge in [0.1, 0.15) is 5.82 Å². The predicted molar refractivity (Wildman–Crippen MR) is 120 cm³/mol. The van der Waals surface area contributed by atoms with Gasteiger partial charge in [0.25, 0.3) is 5.91 Å². The summed E-state index contributed by atoms with van der Waals surface area (Å²) in [7, 11) is 0. The zero-order valence-electron chi connectivity index (χ0n) is 17.2. The second-order valence-electron chi connectivity index (χ2n) is 7.43. The number of ketones is 1. The van der Waals surface area contributed by atoms with E-state index in [1.165, 1.54) is 24.4 Å². The van der Waals surface area contributed by atoms with Crippen molar-refractivity contribution in [3.8, 4) is 0 Å². The Kier molecular flexibility index (Phi) is 5.83. The third kappa shape index (κ3) is 4.85. The third-order valence-electron chi connectivity index (χ3n) is 5.14. The molecule has 0 bridgehead atoms. The van der Waals surface area contributed by atoms with Crippen LogP contribution in [0.15, 0.2) is 79.0 Å². The van der Waals surface area contributed by atoms with Gasteiger partial charge in [-0.2, -0.15) is 13.2 Å².